The lowest BCUT2D eigenvalue weighted by atomic mass is 10.1. The Balaban J connectivity index is 1.22. The minimum atomic E-state index is -0.357. The van der Waals surface area contributed by atoms with E-state index in [1.54, 1.807) is 17.0 Å². The summed E-state index contributed by atoms with van der Waals surface area (Å²) in [5.74, 6) is 1.63. The molecule has 5 rings (SSSR count). The van der Waals surface area contributed by atoms with Gasteiger partial charge in [-0.05, 0) is 48.4 Å². The van der Waals surface area contributed by atoms with Crippen LogP contribution in [0, 0.1) is 11.7 Å². The maximum atomic E-state index is 13.2. The third kappa shape index (κ3) is 4.08. The quantitative estimate of drug-likeness (QED) is 0.727. The molecule has 3 heterocycles. The number of anilines is 1. The average molecular weight is 443 g/mol. The lowest BCUT2D eigenvalue weighted by Crippen LogP contribution is -2.38. The first-order chi connectivity index (χ1) is 15.1. The van der Waals surface area contributed by atoms with Gasteiger partial charge in [0.2, 0.25) is 18.6 Å². The van der Waals surface area contributed by atoms with Crippen LogP contribution in [-0.2, 0) is 9.59 Å². The van der Waals surface area contributed by atoms with Gasteiger partial charge in [0.05, 0.1) is 5.92 Å². The molecule has 2 saturated heterocycles. The fourth-order valence-corrected chi connectivity index (χ4v) is 5.59. The van der Waals surface area contributed by atoms with Crippen LogP contribution in [-0.4, -0.2) is 48.9 Å². The van der Waals surface area contributed by atoms with Crippen LogP contribution in [0.15, 0.2) is 42.5 Å². The summed E-state index contributed by atoms with van der Waals surface area (Å²) in [6.45, 7) is 1.93. The number of nitrogens with zero attached hydrogens (tertiary/aromatic N) is 2. The van der Waals surface area contributed by atoms with E-state index in [1.807, 2.05) is 28.8 Å². The molecule has 0 aromatic heterocycles. The SMILES string of the molecule is O=C(C1CC(=O)N(c2ccc(F)cc2)C1)N1CCSC(c2ccc3c(c2)OCO3)CC1. The van der Waals surface area contributed by atoms with E-state index in [0.29, 0.717) is 25.3 Å². The van der Waals surface area contributed by atoms with Crippen molar-refractivity contribution in [2.24, 2.45) is 5.92 Å². The summed E-state index contributed by atoms with van der Waals surface area (Å²) < 4.78 is 24.1. The van der Waals surface area contributed by atoms with Crippen LogP contribution in [0.4, 0.5) is 10.1 Å². The zero-order valence-electron chi connectivity index (χ0n) is 17.0. The fraction of sp³-hybridized carbons (Fsp3) is 0.391. The Morgan fingerprint density at radius 1 is 1.06 bits per heavy atom. The predicted octanol–water partition coefficient (Wildman–Crippen LogP) is 3.61. The molecule has 0 radical (unpaired) electrons. The van der Waals surface area contributed by atoms with Crippen molar-refractivity contribution >= 4 is 29.3 Å². The Morgan fingerprint density at radius 2 is 1.87 bits per heavy atom. The molecule has 0 aliphatic carbocycles. The first-order valence-corrected chi connectivity index (χ1v) is 11.5. The number of rotatable bonds is 3. The van der Waals surface area contributed by atoms with Crippen molar-refractivity contribution in [1.29, 1.82) is 0 Å². The number of thioether (sulfide) groups is 1. The number of halogens is 1. The Bertz CT molecular complexity index is 1000. The molecule has 0 spiro atoms. The van der Waals surface area contributed by atoms with Gasteiger partial charge in [-0.2, -0.15) is 11.8 Å². The molecule has 2 fully saturated rings. The van der Waals surface area contributed by atoms with Crippen molar-refractivity contribution in [3.05, 3.63) is 53.8 Å². The van der Waals surface area contributed by atoms with Gasteiger partial charge in [-0.25, -0.2) is 4.39 Å². The summed E-state index contributed by atoms with van der Waals surface area (Å²) in [4.78, 5) is 29.1. The molecule has 31 heavy (non-hydrogen) atoms. The highest BCUT2D eigenvalue weighted by Crippen LogP contribution is 2.40. The zero-order valence-corrected chi connectivity index (χ0v) is 17.8. The predicted molar refractivity (Wildman–Crippen MR) is 116 cm³/mol. The van der Waals surface area contributed by atoms with Gasteiger partial charge in [0.1, 0.15) is 5.82 Å². The van der Waals surface area contributed by atoms with Gasteiger partial charge in [0.15, 0.2) is 11.5 Å². The molecule has 3 aliphatic heterocycles. The Kier molecular flexibility index (Phi) is 5.48. The molecule has 8 heteroatoms. The van der Waals surface area contributed by atoms with Gasteiger partial charge in [-0.15, -0.1) is 0 Å². The molecule has 2 amide bonds. The first kappa shape index (κ1) is 20.2. The number of hydrogen-bond acceptors (Lipinski definition) is 5. The lowest BCUT2D eigenvalue weighted by Gasteiger charge is -2.24. The molecule has 162 valence electrons. The second kappa shape index (κ2) is 8.42. The molecule has 6 nitrogen and oxygen atoms in total. The van der Waals surface area contributed by atoms with Crippen LogP contribution < -0.4 is 14.4 Å². The lowest BCUT2D eigenvalue weighted by molar-refractivity contribution is -0.135. The zero-order chi connectivity index (χ0) is 21.4. The number of benzene rings is 2. The third-order valence-electron chi connectivity index (χ3n) is 6.03. The maximum Gasteiger partial charge on any atom is 0.231 e. The number of amides is 2. The van der Waals surface area contributed by atoms with E-state index in [1.165, 1.54) is 17.7 Å². The summed E-state index contributed by atoms with van der Waals surface area (Å²) in [5, 5.41) is 0.285. The highest BCUT2D eigenvalue weighted by atomic mass is 32.2. The average Bonchev–Trinajstić information content (AvgIpc) is 3.32. The molecule has 2 atom stereocenters. The smallest absolute Gasteiger partial charge is 0.231 e. The van der Waals surface area contributed by atoms with Gasteiger partial charge in [-0.3, -0.25) is 9.59 Å². The van der Waals surface area contributed by atoms with E-state index < -0.39 is 0 Å². The van der Waals surface area contributed by atoms with Crippen molar-refractivity contribution in [1.82, 2.24) is 4.90 Å². The van der Waals surface area contributed by atoms with E-state index in [0.717, 1.165) is 23.7 Å². The minimum Gasteiger partial charge on any atom is -0.454 e. The number of ether oxygens (including phenoxy) is 2. The van der Waals surface area contributed by atoms with E-state index >= 15 is 0 Å². The summed E-state index contributed by atoms with van der Waals surface area (Å²) in [5.41, 5.74) is 1.82. The standard InChI is InChI=1S/C23H23FN2O4S/c24-17-2-4-18(5-3-17)26-13-16(12-22(26)27)23(28)25-8-7-21(31-10-9-25)15-1-6-19-20(11-15)30-14-29-19/h1-6,11,16,21H,7-10,12-14H2. The molecule has 0 saturated carbocycles. The van der Waals surface area contributed by atoms with Crippen molar-refractivity contribution in [3.8, 4) is 11.5 Å². The van der Waals surface area contributed by atoms with Gasteiger partial charge in [0.25, 0.3) is 0 Å². The Hall–Kier alpha value is -2.74. The molecule has 3 aliphatic rings. The van der Waals surface area contributed by atoms with Crippen LogP contribution in [0.1, 0.15) is 23.7 Å². The highest BCUT2D eigenvalue weighted by Gasteiger charge is 2.37. The molecule has 2 unspecified atom stereocenters. The van der Waals surface area contributed by atoms with Gasteiger partial charge >= 0.3 is 0 Å². The number of carbonyl (C=O) groups is 2. The van der Waals surface area contributed by atoms with Gasteiger partial charge in [0, 0.05) is 42.7 Å². The van der Waals surface area contributed by atoms with E-state index in [2.05, 4.69) is 6.07 Å². The molecule has 2 aromatic rings. The van der Waals surface area contributed by atoms with Crippen molar-refractivity contribution in [2.75, 3.05) is 37.1 Å². The summed E-state index contributed by atoms with van der Waals surface area (Å²) in [6, 6.07) is 11.9. The van der Waals surface area contributed by atoms with Gasteiger partial charge < -0.3 is 19.3 Å². The minimum absolute atomic E-state index is 0.0323. The highest BCUT2D eigenvalue weighted by molar-refractivity contribution is 7.99. The van der Waals surface area contributed by atoms with Crippen LogP contribution >= 0.6 is 11.8 Å². The van der Waals surface area contributed by atoms with Crippen LogP contribution in [0.5, 0.6) is 11.5 Å². The summed E-state index contributed by atoms with van der Waals surface area (Å²) in [6.07, 6.45) is 1.05. The number of carbonyl (C=O) groups excluding carboxylic acids is 2. The van der Waals surface area contributed by atoms with Crippen LogP contribution in [0.2, 0.25) is 0 Å². The van der Waals surface area contributed by atoms with Crippen molar-refractivity contribution < 1.29 is 23.5 Å². The van der Waals surface area contributed by atoms with E-state index in [4.69, 9.17) is 9.47 Å². The molecular weight excluding hydrogens is 419 g/mol. The molecular formula is C23H23FN2O4S. The van der Waals surface area contributed by atoms with Crippen molar-refractivity contribution in [3.63, 3.8) is 0 Å². The Labute approximate surface area is 184 Å². The maximum absolute atomic E-state index is 13.2. The molecule has 2 aromatic carbocycles. The largest absolute Gasteiger partial charge is 0.454 e. The second-order valence-electron chi connectivity index (χ2n) is 7.97. The fourth-order valence-electron chi connectivity index (χ4n) is 4.37. The van der Waals surface area contributed by atoms with Crippen molar-refractivity contribution in [2.45, 2.75) is 18.1 Å². The number of fused-ring (bicyclic) bond motifs is 1. The van der Waals surface area contributed by atoms with Gasteiger partial charge in [-0.1, -0.05) is 6.07 Å². The van der Waals surface area contributed by atoms with Crippen LogP contribution in [0.25, 0.3) is 0 Å². The first-order valence-electron chi connectivity index (χ1n) is 10.4. The second-order valence-corrected chi connectivity index (χ2v) is 9.28. The third-order valence-corrected chi connectivity index (χ3v) is 7.36. The van der Waals surface area contributed by atoms with E-state index in [-0.39, 0.29) is 42.0 Å². The summed E-state index contributed by atoms with van der Waals surface area (Å²) in [7, 11) is 0. The number of hydrogen-bond donors (Lipinski definition) is 0. The molecule has 0 bridgehead atoms. The van der Waals surface area contributed by atoms with Crippen LogP contribution in [0.3, 0.4) is 0 Å². The monoisotopic (exact) mass is 442 g/mol. The summed E-state index contributed by atoms with van der Waals surface area (Å²) >= 11 is 1.84. The topological polar surface area (TPSA) is 59.1 Å². The molecule has 0 N–H and O–H groups in total. The Morgan fingerprint density at radius 3 is 2.71 bits per heavy atom. The normalized spacial score (nSPS) is 23.2. The van der Waals surface area contributed by atoms with E-state index in [9.17, 15) is 14.0 Å².